The molecule has 0 bridgehead atoms. The van der Waals surface area contributed by atoms with Gasteiger partial charge >= 0.3 is 5.97 Å². The van der Waals surface area contributed by atoms with Gasteiger partial charge in [0.1, 0.15) is 0 Å². The van der Waals surface area contributed by atoms with E-state index in [1.165, 1.54) is 7.11 Å². The Balaban J connectivity index is 2.51. The van der Waals surface area contributed by atoms with Gasteiger partial charge in [-0.2, -0.15) is 0 Å². The second-order valence-corrected chi connectivity index (χ2v) is 3.87. The highest BCUT2D eigenvalue weighted by Crippen LogP contribution is 2.34. The summed E-state index contributed by atoms with van der Waals surface area (Å²) >= 11 is 0. The van der Waals surface area contributed by atoms with Crippen LogP contribution in [-0.2, 0) is 9.53 Å². The first-order valence-electron chi connectivity index (χ1n) is 4.93. The van der Waals surface area contributed by atoms with Gasteiger partial charge < -0.3 is 9.84 Å². The van der Waals surface area contributed by atoms with Gasteiger partial charge in [0.25, 0.3) is 0 Å². The number of hydrogen-bond acceptors (Lipinski definition) is 3. The zero-order chi connectivity index (χ0) is 9.90. The van der Waals surface area contributed by atoms with Crippen LogP contribution < -0.4 is 0 Å². The van der Waals surface area contributed by atoms with Crippen LogP contribution in [0.2, 0.25) is 0 Å². The number of esters is 1. The van der Waals surface area contributed by atoms with Crippen molar-refractivity contribution in [3.05, 3.63) is 0 Å². The molecule has 1 saturated carbocycles. The van der Waals surface area contributed by atoms with Crippen LogP contribution in [0.25, 0.3) is 0 Å². The topological polar surface area (TPSA) is 46.5 Å². The van der Waals surface area contributed by atoms with Crippen molar-refractivity contribution in [1.82, 2.24) is 0 Å². The van der Waals surface area contributed by atoms with Crippen LogP contribution in [0.1, 0.15) is 39.0 Å². The average Bonchev–Trinajstić information content (AvgIpc) is 2.18. The monoisotopic (exact) mass is 186 g/mol. The van der Waals surface area contributed by atoms with Crippen molar-refractivity contribution in [2.24, 2.45) is 5.92 Å². The van der Waals surface area contributed by atoms with Gasteiger partial charge in [-0.3, -0.25) is 0 Å². The molecule has 3 heteroatoms. The molecule has 1 rings (SSSR count). The molecule has 0 atom stereocenters. The average molecular weight is 186 g/mol. The third-order valence-electron chi connectivity index (χ3n) is 3.08. The van der Waals surface area contributed by atoms with E-state index in [1.54, 1.807) is 0 Å². The van der Waals surface area contributed by atoms with E-state index in [4.69, 9.17) is 0 Å². The van der Waals surface area contributed by atoms with E-state index >= 15 is 0 Å². The summed E-state index contributed by atoms with van der Waals surface area (Å²) in [5.41, 5.74) is -1.19. The summed E-state index contributed by atoms with van der Waals surface area (Å²) in [4.78, 5) is 11.2. The predicted octanol–water partition coefficient (Wildman–Crippen LogP) is 1.49. The van der Waals surface area contributed by atoms with E-state index in [0.29, 0.717) is 18.8 Å². The molecule has 0 heterocycles. The van der Waals surface area contributed by atoms with Crippen LogP contribution in [0.5, 0.6) is 0 Å². The van der Waals surface area contributed by atoms with Crippen LogP contribution in [0, 0.1) is 5.92 Å². The van der Waals surface area contributed by atoms with E-state index < -0.39 is 11.6 Å². The van der Waals surface area contributed by atoms with Crippen LogP contribution in [-0.4, -0.2) is 23.8 Å². The van der Waals surface area contributed by atoms with Crippen molar-refractivity contribution >= 4 is 5.97 Å². The molecule has 1 aliphatic rings. The van der Waals surface area contributed by atoms with Crippen molar-refractivity contribution < 1.29 is 14.6 Å². The second kappa shape index (κ2) is 4.09. The Morgan fingerprint density at radius 3 is 2.46 bits per heavy atom. The number of carbonyl (C=O) groups is 1. The van der Waals surface area contributed by atoms with Gasteiger partial charge in [-0.25, -0.2) is 4.79 Å². The van der Waals surface area contributed by atoms with Crippen LogP contribution >= 0.6 is 0 Å². The smallest absolute Gasteiger partial charge is 0.337 e. The highest BCUT2D eigenvalue weighted by Gasteiger charge is 2.40. The minimum Gasteiger partial charge on any atom is -0.467 e. The summed E-state index contributed by atoms with van der Waals surface area (Å²) in [5, 5.41) is 9.88. The Bertz CT molecular complexity index is 181. The standard InChI is InChI=1S/C10H18O3/c1-3-8-4-6-10(12,7-5-8)9(11)13-2/h8,12H,3-7H2,1-2H3. The van der Waals surface area contributed by atoms with Gasteiger partial charge in [0, 0.05) is 0 Å². The van der Waals surface area contributed by atoms with E-state index in [0.717, 1.165) is 19.3 Å². The van der Waals surface area contributed by atoms with Crippen molar-refractivity contribution in [3.63, 3.8) is 0 Å². The molecule has 0 aliphatic heterocycles. The van der Waals surface area contributed by atoms with Gasteiger partial charge in [-0.05, 0) is 31.6 Å². The molecule has 0 saturated heterocycles. The van der Waals surface area contributed by atoms with Crippen molar-refractivity contribution in [2.45, 2.75) is 44.6 Å². The summed E-state index contributed by atoms with van der Waals surface area (Å²) in [5.74, 6) is 0.201. The number of rotatable bonds is 2. The fourth-order valence-corrected chi connectivity index (χ4v) is 1.96. The molecule has 0 radical (unpaired) electrons. The van der Waals surface area contributed by atoms with E-state index in [1.807, 2.05) is 0 Å². The first-order valence-corrected chi connectivity index (χ1v) is 4.93. The lowest BCUT2D eigenvalue weighted by molar-refractivity contribution is -0.166. The van der Waals surface area contributed by atoms with Crippen molar-refractivity contribution in [2.75, 3.05) is 7.11 Å². The Morgan fingerprint density at radius 2 is 2.08 bits per heavy atom. The Labute approximate surface area is 79.1 Å². The predicted molar refractivity (Wildman–Crippen MR) is 49.2 cm³/mol. The number of ether oxygens (including phenoxy) is 1. The van der Waals surface area contributed by atoms with Crippen LogP contribution in [0.3, 0.4) is 0 Å². The maximum absolute atomic E-state index is 11.2. The first-order chi connectivity index (χ1) is 6.12. The minimum absolute atomic E-state index is 0.470. The molecule has 1 fully saturated rings. The van der Waals surface area contributed by atoms with Gasteiger partial charge in [0.05, 0.1) is 7.11 Å². The normalized spacial score (nSPS) is 34.2. The summed E-state index contributed by atoms with van der Waals surface area (Å²) in [6, 6.07) is 0. The van der Waals surface area contributed by atoms with E-state index in [2.05, 4.69) is 11.7 Å². The quantitative estimate of drug-likeness (QED) is 0.665. The molecule has 76 valence electrons. The van der Waals surface area contributed by atoms with Crippen LogP contribution in [0.4, 0.5) is 0 Å². The molecule has 0 aromatic heterocycles. The molecule has 3 nitrogen and oxygen atoms in total. The SMILES string of the molecule is CCC1CCC(O)(C(=O)OC)CC1. The lowest BCUT2D eigenvalue weighted by Crippen LogP contribution is -2.42. The van der Waals surface area contributed by atoms with Crippen molar-refractivity contribution in [1.29, 1.82) is 0 Å². The third kappa shape index (κ3) is 2.21. The summed E-state index contributed by atoms with van der Waals surface area (Å²) in [7, 11) is 1.33. The Hall–Kier alpha value is -0.570. The third-order valence-corrected chi connectivity index (χ3v) is 3.08. The Morgan fingerprint density at radius 1 is 1.54 bits per heavy atom. The molecular weight excluding hydrogens is 168 g/mol. The lowest BCUT2D eigenvalue weighted by Gasteiger charge is -2.33. The molecule has 0 spiro atoms. The summed E-state index contributed by atoms with van der Waals surface area (Å²) < 4.78 is 4.57. The van der Waals surface area contributed by atoms with Gasteiger partial charge in [-0.15, -0.1) is 0 Å². The molecule has 0 aromatic rings. The zero-order valence-electron chi connectivity index (χ0n) is 8.38. The number of carbonyl (C=O) groups excluding carboxylic acids is 1. The van der Waals surface area contributed by atoms with Gasteiger partial charge in [0.15, 0.2) is 5.60 Å². The molecule has 1 N–H and O–H groups in total. The Kier molecular flexibility index (Phi) is 3.31. The molecule has 13 heavy (non-hydrogen) atoms. The fourth-order valence-electron chi connectivity index (χ4n) is 1.96. The minimum atomic E-state index is -1.19. The molecule has 0 unspecified atom stereocenters. The second-order valence-electron chi connectivity index (χ2n) is 3.87. The molecular formula is C10H18O3. The van der Waals surface area contributed by atoms with Gasteiger partial charge in [0.2, 0.25) is 0 Å². The van der Waals surface area contributed by atoms with Gasteiger partial charge in [-0.1, -0.05) is 13.3 Å². The van der Waals surface area contributed by atoms with E-state index in [9.17, 15) is 9.90 Å². The highest BCUT2D eigenvalue weighted by atomic mass is 16.5. The number of methoxy groups -OCH3 is 1. The van der Waals surface area contributed by atoms with E-state index in [-0.39, 0.29) is 0 Å². The highest BCUT2D eigenvalue weighted by molar-refractivity contribution is 5.79. The maximum atomic E-state index is 11.2. The summed E-state index contributed by atoms with van der Waals surface area (Å²) in [6.45, 7) is 2.15. The maximum Gasteiger partial charge on any atom is 0.337 e. The van der Waals surface area contributed by atoms with Crippen molar-refractivity contribution in [3.8, 4) is 0 Å². The first kappa shape index (κ1) is 10.5. The number of aliphatic hydroxyl groups is 1. The lowest BCUT2D eigenvalue weighted by atomic mass is 9.78. The fraction of sp³-hybridized carbons (Fsp3) is 0.900. The number of hydrogen-bond donors (Lipinski definition) is 1. The van der Waals surface area contributed by atoms with Crippen LogP contribution in [0.15, 0.2) is 0 Å². The zero-order valence-corrected chi connectivity index (χ0v) is 8.38. The molecule has 0 amide bonds. The summed E-state index contributed by atoms with van der Waals surface area (Å²) in [6.07, 6.45) is 4.11. The molecule has 0 aromatic carbocycles. The largest absolute Gasteiger partial charge is 0.467 e. The molecule has 1 aliphatic carbocycles.